The lowest BCUT2D eigenvalue weighted by atomic mass is 9.40. The monoisotopic (exact) mass is 804 g/mol. The van der Waals surface area contributed by atoms with Gasteiger partial charge in [-0.1, -0.05) is 19.4 Å². The zero-order valence-corrected chi connectivity index (χ0v) is 31.9. The normalized spacial score (nSPS) is 54.5. The summed E-state index contributed by atoms with van der Waals surface area (Å²) in [5.41, 5.74) is -1.51. The largest absolute Gasteiger partial charge is 0.481 e. The summed E-state index contributed by atoms with van der Waals surface area (Å²) in [5, 5.41) is 116. The van der Waals surface area contributed by atoms with Gasteiger partial charge in [-0.2, -0.15) is 0 Å². The minimum atomic E-state index is -1.91. The standard InChI is InChI=1S/C38H60O18/c1-16-11-37-9-5-20-35(2,7-4-8-36(20,3)34(49)50)21(37)6-10-38(16,15-37)56-33-30(55-32-28(48)26(46)23(43)18(13-40)52-32)29(24(44)19(14-41)53-33)54-31-27(47)25(45)22(42)17(12-39)51-31/h11,17-33,39-48H,4-10,12-15H2,1-3H3,(H,49,50)/t17-,18-,19-,20?,21?,22-,23-,24-,25+,26+,27-,28-,29+,30?,31+,32+,33?,35-,36-,37-,38-/m1/s1. The molecule has 18 heteroatoms. The number of aliphatic hydroxyl groups is 10. The highest BCUT2D eigenvalue weighted by molar-refractivity contribution is 5.75. The third-order valence-electron chi connectivity index (χ3n) is 14.9. The van der Waals surface area contributed by atoms with Crippen molar-refractivity contribution in [2.24, 2.45) is 28.1 Å². The highest BCUT2D eigenvalue weighted by Gasteiger charge is 2.68. The molecule has 320 valence electrons. The number of aliphatic hydroxyl groups excluding tert-OH is 10. The van der Waals surface area contributed by atoms with Gasteiger partial charge in [0.1, 0.15) is 73.2 Å². The molecular weight excluding hydrogens is 744 g/mol. The van der Waals surface area contributed by atoms with Crippen LogP contribution in [0.5, 0.6) is 0 Å². The molecule has 3 saturated carbocycles. The van der Waals surface area contributed by atoms with Crippen molar-refractivity contribution in [1.82, 2.24) is 0 Å². The summed E-state index contributed by atoms with van der Waals surface area (Å²) in [4.78, 5) is 12.7. The average Bonchev–Trinajstić information content (AvgIpc) is 3.36. The first-order valence-corrected chi connectivity index (χ1v) is 19.9. The molecule has 3 aliphatic heterocycles. The Labute approximate surface area is 324 Å². The number of allylic oxidation sites excluding steroid dienone is 1. The Kier molecular flexibility index (Phi) is 11.9. The molecule has 56 heavy (non-hydrogen) atoms. The summed E-state index contributed by atoms with van der Waals surface area (Å²) in [5.74, 6) is -0.619. The zero-order chi connectivity index (χ0) is 40.7. The molecule has 0 aromatic rings. The van der Waals surface area contributed by atoms with Gasteiger partial charge in [0, 0.05) is 0 Å². The molecule has 4 aliphatic carbocycles. The van der Waals surface area contributed by atoms with E-state index in [9.17, 15) is 61.0 Å². The van der Waals surface area contributed by atoms with Crippen molar-refractivity contribution in [3.05, 3.63) is 11.6 Å². The van der Waals surface area contributed by atoms with Gasteiger partial charge in [-0.15, -0.1) is 0 Å². The number of carbonyl (C=O) groups is 1. The van der Waals surface area contributed by atoms with Gasteiger partial charge in [-0.3, -0.25) is 4.79 Å². The first-order valence-electron chi connectivity index (χ1n) is 19.9. The first kappa shape index (κ1) is 42.7. The Bertz CT molecular complexity index is 1460. The Morgan fingerprint density at radius 2 is 1.20 bits per heavy atom. The Morgan fingerprint density at radius 3 is 1.75 bits per heavy atom. The van der Waals surface area contributed by atoms with Gasteiger partial charge in [-0.05, 0) is 87.0 Å². The zero-order valence-electron chi connectivity index (χ0n) is 31.9. The number of rotatable bonds is 10. The van der Waals surface area contributed by atoms with Gasteiger partial charge >= 0.3 is 5.97 Å². The van der Waals surface area contributed by atoms with E-state index >= 15 is 0 Å². The number of fused-ring (bicyclic) bond motifs is 3. The highest BCUT2D eigenvalue weighted by Crippen LogP contribution is 2.72. The molecule has 18 nitrogen and oxygen atoms in total. The van der Waals surface area contributed by atoms with E-state index in [1.165, 1.54) is 0 Å². The van der Waals surface area contributed by atoms with Crippen LogP contribution >= 0.6 is 0 Å². The lowest BCUT2D eigenvalue weighted by Crippen LogP contribution is -2.68. The summed E-state index contributed by atoms with van der Waals surface area (Å²) < 4.78 is 36.7. The second kappa shape index (κ2) is 15.6. The van der Waals surface area contributed by atoms with Crippen LogP contribution in [-0.2, 0) is 33.2 Å². The van der Waals surface area contributed by atoms with Crippen LogP contribution in [0, 0.1) is 28.1 Å². The minimum Gasteiger partial charge on any atom is -0.481 e. The summed E-state index contributed by atoms with van der Waals surface area (Å²) in [6, 6.07) is 0. The molecule has 0 aromatic heterocycles. The Balaban J connectivity index is 1.22. The molecule has 0 amide bonds. The first-order chi connectivity index (χ1) is 26.4. The van der Waals surface area contributed by atoms with Crippen LogP contribution in [0.4, 0.5) is 0 Å². The average molecular weight is 805 g/mol. The van der Waals surface area contributed by atoms with E-state index in [1.807, 2.05) is 13.8 Å². The molecule has 3 saturated heterocycles. The van der Waals surface area contributed by atoms with Crippen molar-refractivity contribution in [3.8, 4) is 0 Å². The second-order valence-electron chi connectivity index (χ2n) is 17.9. The molecule has 0 radical (unpaired) electrons. The number of ether oxygens (including phenoxy) is 6. The van der Waals surface area contributed by atoms with Crippen molar-refractivity contribution in [3.63, 3.8) is 0 Å². The van der Waals surface area contributed by atoms with E-state index in [0.29, 0.717) is 32.1 Å². The summed E-state index contributed by atoms with van der Waals surface area (Å²) in [6.45, 7) is 3.77. The SMILES string of the molecule is CC1=C[C@@]23CCC4[C@@](C)(CCC[C@@]4(C)C(=O)O)C2CC[C@@]1(OC1O[C@H](CO)[C@@H](O)[C@H](O[C@@H]2O[C@H](CO)[C@@H](O)[C@H](O)[C@H]2O)C1O[C@@H]1O[C@H](CO)[C@@H](O)[C@H](O)[C@H]1O)C3. The van der Waals surface area contributed by atoms with E-state index < -0.39 is 129 Å². The van der Waals surface area contributed by atoms with Crippen molar-refractivity contribution >= 4 is 5.97 Å². The second-order valence-corrected chi connectivity index (χ2v) is 17.9. The third kappa shape index (κ3) is 6.69. The third-order valence-corrected chi connectivity index (χ3v) is 14.9. The number of hydrogen-bond acceptors (Lipinski definition) is 17. The molecule has 1 spiro atoms. The predicted octanol–water partition coefficient (Wildman–Crippen LogP) is -2.37. The fourth-order valence-electron chi connectivity index (χ4n) is 11.9. The molecule has 21 atom stereocenters. The van der Waals surface area contributed by atoms with Crippen molar-refractivity contribution < 1.29 is 89.4 Å². The van der Waals surface area contributed by atoms with Crippen molar-refractivity contribution in [2.75, 3.05) is 19.8 Å². The summed E-state index contributed by atoms with van der Waals surface area (Å²) >= 11 is 0. The molecule has 3 heterocycles. The van der Waals surface area contributed by atoms with Crippen LogP contribution in [0.15, 0.2) is 11.6 Å². The highest BCUT2D eigenvalue weighted by atomic mass is 16.8. The minimum absolute atomic E-state index is 0.00952. The van der Waals surface area contributed by atoms with E-state index in [0.717, 1.165) is 24.8 Å². The topological polar surface area (TPSA) is 295 Å². The molecule has 0 aromatic carbocycles. The maximum atomic E-state index is 12.7. The molecule has 6 fully saturated rings. The number of hydrogen-bond donors (Lipinski definition) is 11. The molecule has 4 unspecified atom stereocenters. The fourth-order valence-corrected chi connectivity index (χ4v) is 11.9. The van der Waals surface area contributed by atoms with Crippen LogP contribution in [0.2, 0.25) is 0 Å². The lowest BCUT2D eigenvalue weighted by molar-refractivity contribution is -0.400. The fraction of sp³-hybridized carbons (Fsp3) is 0.921. The van der Waals surface area contributed by atoms with Gasteiger partial charge in [0.15, 0.2) is 18.9 Å². The van der Waals surface area contributed by atoms with E-state index in [1.54, 1.807) is 0 Å². The number of carboxylic acids is 1. The van der Waals surface area contributed by atoms with E-state index in [4.69, 9.17) is 28.4 Å². The van der Waals surface area contributed by atoms with Crippen LogP contribution in [0.25, 0.3) is 0 Å². The maximum absolute atomic E-state index is 12.7. The molecule has 2 bridgehead atoms. The number of aliphatic carboxylic acids is 1. The molecule has 11 N–H and O–H groups in total. The van der Waals surface area contributed by atoms with Gasteiger partial charge in [0.05, 0.1) is 30.8 Å². The van der Waals surface area contributed by atoms with E-state index in [-0.39, 0.29) is 22.7 Å². The molecule has 7 aliphatic rings. The smallest absolute Gasteiger partial charge is 0.309 e. The quantitative estimate of drug-likeness (QED) is 0.0812. The van der Waals surface area contributed by atoms with Crippen molar-refractivity contribution in [1.29, 1.82) is 0 Å². The van der Waals surface area contributed by atoms with Crippen LogP contribution in [0.3, 0.4) is 0 Å². The Morgan fingerprint density at radius 1 is 0.679 bits per heavy atom. The van der Waals surface area contributed by atoms with E-state index in [2.05, 4.69) is 13.0 Å². The maximum Gasteiger partial charge on any atom is 0.309 e. The summed E-state index contributed by atoms with van der Waals surface area (Å²) in [7, 11) is 0. The molecular formula is C38H60O18. The van der Waals surface area contributed by atoms with Crippen molar-refractivity contribution in [2.45, 2.75) is 170 Å². The Hall–Kier alpha value is -1.43. The van der Waals surface area contributed by atoms with Crippen LogP contribution < -0.4 is 0 Å². The summed E-state index contributed by atoms with van der Waals surface area (Å²) in [6.07, 6.45) is -17.5. The van der Waals surface area contributed by atoms with Gasteiger partial charge in [0.2, 0.25) is 0 Å². The molecule has 7 rings (SSSR count). The van der Waals surface area contributed by atoms with Gasteiger partial charge in [-0.25, -0.2) is 0 Å². The number of carboxylic acid groups (broad SMARTS) is 1. The van der Waals surface area contributed by atoms with Gasteiger partial charge in [0.25, 0.3) is 0 Å². The van der Waals surface area contributed by atoms with Crippen LogP contribution in [0.1, 0.15) is 72.1 Å². The van der Waals surface area contributed by atoms with Crippen LogP contribution in [-0.4, -0.2) is 180 Å². The predicted molar refractivity (Wildman–Crippen MR) is 187 cm³/mol. The lowest BCUT2D eigenvalue weighted by Gasteiger charge is -2.64. The van der Waals surface area contributed by atoms with Gasteiger partial charge < -0.3 is 84.6 Å².